The van der Waals surface area contributed by atoms with E-state index in [-0.39, 0.29) is 12.5 Å². The predicted molar refractivity (Wildman–Crippen MR) is 141 cm³/mol. The van der Waals surface area contributed by atoms with Gasteiger partial charge in [0.2, 0.25) is 5.91 Å². The molecule has 2 N–H and O–H groups in total. The Morgan fingerprint density at radius 1 is 1.16 bits per heavy atom. The lowest BCUT2D eigenvalue weighted by Crippen LogP contribution is -2.57. The Morgan fingerprint density at radius 3 is 2.39 bits per heavy atom. The largest absolute Gasteiger partial charge is 0.481 e. The van der Waals surface area contributed by atoms with E-state index >= 15 is 0 Å². The number of likely N-dealkylation sites (tertiary alicyclic amines) is 1. The number of anilines is 1. The number of aryl methyl sites for hydroxylation is 2. The summed E-state index contributed by atoms with van der Waals surface area (Å²) in [5, 5.41) is 20.8. The highest BCUT2D eigenvalue weighted by Crippen LogP contribution is 2.64. The summed E-state index contributed by atoms with van der Waals surface area (Å²) in [6.07, 6.45) is 2.43. The maximum absolute atomic E-state index is 14.7. The van der Waals surface area contributed by atoms with Crippen molar-refractivity contribution in [2.45, 2.75) is 56.9 Å². The number of aliphatic carboxylic acids is 1. The van der Waals surface area contributed by atoms with Crippen molar-refractivity contribution >= 4 is 23.5 Å². The van der Waals surface area contributed by atoms with Gasteiger partial charge in [0.15, 0.2) is 0 Å². The van der Waals surface area contributed by atoms with Crippen LogP contribution in [0.15, 0.2) is 61.2 Å². The summed E-state index contributed by atoms with van der Waals surface area (Å²) in [5.74, 6) is -4.08. The molecule has 6 atom stereocenters. The van der Waals surface area contributed by atoms with E-state index in [4.69, 9.17) is 4.74 Å². The summed E-state index contributed by atoms with van der Waals surface area (Å²) in [7, 11) is 0. The number of carboxylic acids is 1. The van der Waals surface area contributed by atoms with Crippen LogP contribution in [-0.4, -0.2) is 63.3 Å². The summed E-state index contributed by atoms with van der Waals surface area (Å²) in [5.41, 5.74) is 0.785. The average molecular weight is 519 g/mol. The lowest BCUT2D eigenvalue weighted by molar-refractivity contribution is -0.155. The van der Waals surface area contributed by atoms with Gasteiger partial charge in [0.05, 0.1) is 30.1 Å². The molecule has 3 heterocycles. The first-order chi connectivity index (χ1) is 18.1. The Kier molecular flexibility index (Phi) is 6.44. The molecule has 2 unspecified atom stereocenters. The number of aliphatic hydroxyl groups is 1. The first-order valence-electron chi connectivity index (χ1n) is 13.0. The molecule has 8 nitrogen and oxygen atoms in total. The summed E-state index contributed by atoms with van der Waals surface area (Å²) >= 11 is 0. The van der Waals surface area contributed by atoms with Crippen molar-refractivity contribution in [1.82, 2.24) is 4.90 Å². The highest BCUT2D eigenvalue weighted by atomic mass is 16.5. The van der Waals surface area contributed by atoms with Gasteiger partial charge in [0.1, 0.15) is 11.6 Å². The quantitative estimate of drug-likeness (QED) is 0.519. The minimum atomic E-state index is -1.32. The minimum Gasteiger partial charge on any atom is -0.481 e. The van der Waals surface area contributed by atoms with Crippen LogP contribution in [0.2, 0.25) is 0 Å². The van der Waals surface area contributed by atoms with Crippen molar-refractivity contribution < 1.29 is 29.3 Å². The fourth-order valence-corrected chi connectivity index (χ4v) is 7.18. The number of fused-ring (bicyclic) bond motifs is 1. The Balaban J connectivity index is 1.70. The maximum atomic E-state index is 14.7. The summed E-state index contributed by atoms with van der Waals surface area (Å²) in [6, 6.07) is 12.8. The molecular weight excluding hydrogens is 484 g/mol. The number of carboxylic acid groups (broad SMARTS) is 1. The van der Waals surface area contributed by atoms with Crippen LogP contribution in [0.1, 0.15) is 42.5 Å². The molecule has 0 aliphatic carbocycles. The van der Waals surface area contributed by atoms with E-state index in [1.54, 1.807) is 42.2 Å². The van der Waals surface area contributed by atoms with E-state index in [0.29, 0.717) is 18.4 Å². The van der Waals surface area contributed by atoms with Gasteiger partial charge in [-0.1, -0.05) is 54.6 Å². The molecule has 3 aliphatic rings. The molecule has 0 radical (unpaired) electrons. The average Bonchev–Trinajstić information content (AvgIpc) is 3.45. The molecule has 3 saturated heterocycles. The number of hydrogen-bond donors (Lipinski definition) is 2. The van der Waals surface area contributed by atoms with Crippen molar-refractivity contribution in [2.75, 3.05) is 18.1 Å². The molecule has 2 aromatic rings. The Bertz CT molecular complexity index is 1270. The molecule has 0 aromatic heterocycles. The number of benzene rings is 2. The molecule has 200 valence electrons. The third-order valence-corrected chi connectivity index (χ3v) is 8.69. The number of rotatable bonds is 8. The van der Waals surface area contributed by atoms with Gasteiger partial charge in [-0.15, -0.1) is 6.58 Å². The van der Waals surface area contributed by atoms with Gasteiger partial charge in [-0.3, -0.25) is 14.4 Å². The number of nitrogens with zero attached hydrogens (tertiary/aromatic N) is 2. The van der Waals surface area contributed by atoms with Crippen molar-refractivity contribution in [3.63, 3.8) is 0 Å². The van der Waals surface area contributed by atoms with Gasteiger partial charge in [-0.25, -0.2) is 0 Å². The molecule has 2 aromatic carbocycles. The van der Waals surface area contributed by atoms with E-state index in [9.17, 15) is 24.6 Å². The molecule has 2 bridgehead atoms. The molecule has 2 amide bonds. The smallest absolute Gasteiger partial charge is 0.310 e. The van der Waals surface area contributed by atoms with E-state index in [2.05, 4.69) is 6.58 Å². The van der Waals surface area contributed by atoms with Crippen LogP contribution in [0.5, 0.6) is 0 Å². The molecule has 5 rings (SSSR count). The number of ether oxygens (including phenoxy) is 1. The zero-order valence-electron chi connectivity index (χ0n) is 22.0. The van der Waals surface area contributed by atoms with Crippen LogP contribution in [0.3, 0.4) is 0 Å². The van der Waals surface area contributed by atoms with E-state index in [1.807, 2.05) is 38.1 Å². The van der Waals surface area contributed by atoms with Gasteiger partial charge < -0.3 is 24.7 Å². The number of carbonyl (C=O) groups excluding carboxylic acids is 2. The molecular formula is C30H34N2O6. The fraction of sp³-hybridized carbons (Fsp3) is 0.433. The highest BCUT2D eigenvalue weighted by Gasteiger charge is 2.79. The second-order valence-electron chi connectivity index (χ2n) is 10.9. The van der Waals surface area contributed by atoms with Gasteiger partial charge >= 0.3 is 5.97 Å². The van der Waals surface area contributed by atoms with Crippen molar-refractivity contribution in [3.8, 4) is 0 Å². The first kappa shape index (κ1) is 26.1. The SMILES string of the molecule is C=CCN(C(=O)C1N([C@H](CO)c2ccccc2)C(=O)[C@@H]2[C@H](C(=O)O)[C@]3(C)CCC12O3)c1c(C)cccc1C. The third kappa shape index (κ3) is 3.61. The topological polar surface area (TPSA) is 107 Å². The molecule has 38 heavy (non-hydrogen) atoms. The number of para-hydroxylation sites is 1. The second-order valence-corrected chi connectivity index (χ2v) is 10.9. The van der Waals surface area contributed by atoms with Crippen LogP contribution in [-0.2, 0) is 19.1 Å². The third-order valence-electron chi connectivity index (χ3n) is 8.69. The lowest BCUT2D eigenvalue weighted by atomic mass is 9.66. The summed E-state index contributed by atoms with van der Waals surface area (Å²) in [4.78, 5) is 44.5. The predicted octanol–water partition coefficient (Wildman–Crippen LogP) is 3.41. The Hall–Kier alpha value is -3.49. The Morgan fingerprint density at radius 2 is 1.82 bits per heavy atom. The van der Waals surface area contributed by atoms with Crippen molar-refractivity contribution in [2.24, 2.45) is 11.8 Å². The number of carbonyl (C=O) groups is 3. The summed E-state index contributed by atoms with van der Waals surface area (Å²) < 4.78 is 6.54. The van der Waals surface area contributed by atoms with Gasteiger partial charge in [-0.2, -0.15) is 0 Å². The van der Waals surface area contributed by atoms with E-state index in [1.165, 1.54) is 4.90 Å². The fourth-order valence-electron chi connectivity index (χ4n) is 7.18. The standard InChI is InChI=1S/C30H34N2O6/c1-5-16-31(24-18(2)10-9-11-19(24)3)27(35)25-30-15-14-29(4,38-30)23(28(36)37)22(30)26(34)32(25)21(17-33)20-12-7-6-8-13-20/h5-13,21-23,25,33H,1,14-17H2,2-4H3,(H,36,37)/t21-,22+,23-,25?,29+,30?/m1/s1. The number of aliphatic hydroxyl groups excluding tert-OH is 1. The van der Waals surface area contributed by atoms with Gasteiger partial charge in [-0.05, 0) is 50.3 Å². The zero-order valence-corrected chi connectivity index (χ0v) is 22.0. The van der Waals surface area contributed by atoms with Crippen LogP contribution in [0.25, 0.3) is 0 Å². The zero-order chi connectivity index (χ0) is 27.4. The number of amides is 2. The van der Waals surface area contributed by atoms with Crippen molar-refractivity contribution in [3.05, 3.63) is 77.9 Å². The van der Waals surface area contributed by atoms with E-state index < -0.39 is 53.6 Å². The second kappa shape index (κ2) is 9.36. The van der Waals surface area contributed by atoms with Crippen LogP contribution in [0, 0.1) is 25.7 Å². The maximum Gasteiger partial charge on any atom is 0.310 e. The first-order valence-corrected chi connectivity index (χ1v) is 13.0. The number of hydrogen-bond acceptors (Lipinski definition) is 5. The van der Waals surface area contributed by atoms with Crippen molar-refractivity contribution in [1.29, 1.82) is 0 Å². The molecule has 0 saturated carbocycles. The normalized spacial score (nSPS) is 30.3. The monoisotopic (exact) mass is 518 g/mol. The lowest BCUT2D eigenvalue weighted by Gasteiger charge is -2.40. The van der Waals surface area contributed by atoms with Gasteiger partial charge in [0, 0.05) is 12.2 Å². The molecule has 3 aliphatic heterocycles. The minimum absolute atomic E-state index is 0.193. The molecule has 3 fully saturated rings. The van der Waals surface area contributed by atoms with E-state index in [0.717, 1.165) is 16.8 Å². The van der Waals surface area contributed by atoms with Crippen LogP contribution >= 0.6 is 0 Å². The van der Waals surface area contributed by atoms with Gasteiger partial charge in [0.25, 0.3) is 5.91 Å². The van der Waals surface area contributed by atoms with Crippen LogP contribution in [0.4, 0.5) is 5.69 Å². The Labute approximate surface area is 222 Å². The summed E-state index contributed by atoms with van der Waals surface area (Å²) in [6.45, 7) is 9.20. The van der Waals surface area contributed by atoms with Crippen LogP contribution < -0.4 is 4.90 Å². The molecule has 1 spiro atoms. The highest BCUT2D eigenvalue weighted by molar-refractivity contribution is 6.05. The molecule has 8 heteroatoms.